The zero-order chi connectivity index (χ0) is 18.0. The van der Waals surface area contributed by atoms with Crippen LogP contribution in [-0.2, 0) is 10.0 Å². The molecule has 0 spiro atoms. The minimum Gasteiger partial charge on any atom is -0.337 e. The molecule has 3 heterocycles. The number of sulfonamides is 1. The first-order valence-electron chi connectivity index (χ1n) is 9.02. The van der Waals surface area contributed by atoms with Crippen LogP contribution in [0.5, 0.6) is 0 Å². The molecule has 0 aliphatic carbocycles. The monoisotopic (exact) mass is 365 g/mol. The van der Waals surface area contributed by atoms with Gasteiger partial charge in [0.1, 0.15) is 5.69 Å². The number of likely N-dealkylation sites (tertiary alicyclic amines) is 1. The predicted molar refractivity (Wildman–Crippen MR) is 96.7 cm³/mol. The average molecular weight is 365 g/mol. The van der Waals surface area contributed by atoms with E-state index in [1.54, 1.807) is 10.4 Å². The van der Waals surface area contributed by atoms with Crippen molar-refractivity contribution in [1.82, 2.24) is 14.2 Å². The Kier molecular flexibility index (Phi) is 5.43. The van der Waals surface area contributed by atoms with Gasteiger partial charge >= 0.3 is 0 Å². The molecule has 25 heavy (non-hydrogen) atoms. The summed E-state index contributed by atoms with van der Waals surface area (Å²) in [5.41, 5.74) is 1.39. The maximum absolute atomic E-state index is 12.6. The molecule has 0 aromatic carbocycles. The lowest BCUT2D eigenvalue weighted by Crippen LogP contribution is -2.44. The quantitative estimate of drug-likeness (QED) is 0.820. The van der Waals surface area contributed by atoms with E-state index in [2.05, 4.69) is 4.98 Å². The average Bonchev–Trinajstić information content (AvgIpc) is 2.61. The van der Waals surface area contributed by atoms with Crippen LogP contribution in [0.15, 0.2) is 18.2 Å². The fraction of sp³-hybridized carbons (Fsp3) is 0.667. The van der Waals surface area contributed by atoms with Crippen molar-refractivity contribution in [3.05, 3.63) is 29.6 Å². The van der Waals surface area contributed by atoms with Gasteiger partial charge in [0.15, 0.2) is 0 Å². The summed E-state index contributed by atoms with van der Waals surface area (Å²) in [6.45, 7) is 4.70. The summed E-state index contributed by atoms with van der Waals surface area (Å²) in [7, 11) is -3.06. The Hall–Kier alpha value is -1.47. The summed E-state index contributed by atoms with van der Waals surface area (Å²) in [6.07, 6.45) is 5.16. The molecule has 7 heteroatoms. The predicted octanol–water partition coefficient (Wildman–Crippen LogP) is 1.91. The minimum absolute atomic E-state index is 0.0223. The summed E-state index contributed by atoms with van der Waals surface area (Å²) >= 11 is 0. The maximum Gasteiger partial charge on any atom is 0.272 e. The van der Waals surface area contributed by atoms with Gasteiger partial charge in [-0.25, -0.2) is 17.7 Å². The first-order chi connectivity index (χ1) is 11.8. The van der Waals surface area contributed by atoms with E-state index in [0.29, 0.717) is 30.6 Å². The van der Waals surface area contributed by atoms with E-state index >= 15 is 0 Å². The molecule has 1 aromatic rings. The highest BCUT2D eigenvalue weighted by Crippen LogP contribution is 2.33. The van der Waals surface area contributed by atoms with Crippen molar-refractivity contribution in [2.75, 3.05) is 32.4 Å². The van der Waals surface area contributed by atoms with E-state index in [1.807, 2.05) is 24.0 Å². The van der Waals surface area contributed by atoms with Crippen molar-refractivity contribution in [3.63, 3.8) is 0 Å². The number of hydrogen-bond acceptors (Lipinski definition) is 4. The summed E-state index contributed by atoms with van der Waals surface area (Å²) in [4.78, 5) is 18.8. The number of aryl methyl sites for hydroxylation is 1. The van der Waals surface area contributed by atoms with Gasteiger partial charge in [-0.15, -0.1) is 0 Å². The Labute approximate surface area is 150 Å². The van der Waals surface area contributed by atoms with Crippen molar-refractivity contribution < 1.29 is 13.2 Å². The van der Waals surface area contributed by atoms with Crippen LogP contribution in [0.1, 0.15) is 41.9 Å². The first-order valence-corrected chi connectivity index (χ1v) is 10.9. The third-order valence-corrected chi connectivity index (χ3v) is 6.87. The van der Waals surface area contributed by atoms with Crippen LogP contribution in [0.2, 0.25) is 0 Å². The number of amides is 1. The van der Waals surface area contributed by atoms with E-state index < -0.39 is 10.0 Å². The molecule has 2 aliphatic heterocycles. The lowest BCUT2D eigenvalue weighted by atomic mass is 9.79. The molecule has 1 aromatic heterocycles. The lowest BCUT2D eigenvalue weighted by molar-refractivity contribution is 0.0623. The number of carbonyl (C=O) groups excluding carboxylic acids is 1. The standard InChI is InChI=1S/C18H27N3O3S/c1-14-4-3-5-17(19-14)18(22)20-10-6-15(7-11-20)16-8-12-21(13-9-16)25(2,23)24/h3-5,15-16H,6-13H2,1-2H3. The second kappa shape index (κ2) is 7.41. The second-order valence-electron chi connectivity index (χ2n) is 7.29. The van der Waals surface area contributed by atoms with Crippen LogP contribution in [0, 0.1) is 18.8 Å². The minimum atomic E-state index is -3.06. The van der Waals surface area contributed by atoms with E-state index in [4.69, 9.17) is 0 Å². The number of nitrogens with zero attached hydrogens (tertiary/aromatic N) is 3. The van der Waals surface area contributed by atoms with Gasteiger partial charge in [0.05, 0.1) is 6.26 Å². The van der Waals surface area contributed by atoms with Gasteiger partial charge in [-0.3, -0.25) is 4.79 Å². The number of carbonyl (C=O) groups is 1. The van der Waals surface area contributed by atoms with Crippen LogP contribution >= 0.6 is 0 Å². The molecule has 1 amide bonds. The van der Waals surface area contributed by atoms with Gasteiger partial charge in [-0.2, -0.15) is 0 Å². The van der Waals surface area contributed by atoms with Crippen LogP contribution in [0.4, 0.5) is 0 Å². The molecule has 3 rings (SSSR count). The summed E-state index contributed by atoms with van der Waals surface area (Å²) in [6, 6.07) is 5.55. The van der Waals surface area contributed by atoms with Gasteiger partial charge < -0.3 is 4.90 Å². The number of pyridine rings is 1. The fourth-order valence-corrected chi connectivity index (χ4v) is 4.95. The van der Waals surface area contributed by atoms with Gasteiger partial charge in [-0.05, 0) is 56.6 Å². The molecule has 138 valence electrons. The van der Waals surface area contributed by atoms with Crippen molar-refractivity contribution in [3.8, 4) is 0 Å². The molecule has 0 N–H and O–H groups in total. The van der Waals surface area contributed by atoms with Crippen LogP contribution < -0.4 is 0 Å². The van der Waals surface area contributed by atoms with Crippen LogP contribution in [-0.4, -0.2) is 60.9 Å². The molecular formula is C18H27N3O3S. The third-order valence-electron chi connectivity index (χ3n) is 5.57. The van der Waals surface area contributed by atoms with Crippen molar-refractivity contribution >= 4 is 15.9 Å². The molecule has 0 saturated carbocycles. The molecule has 0 unspecified atom stereocenters. The Bertz CT molecular complexity index is 719. The molecule has 0 atom stereocenters. The molecule has 2 saturated heterocycles. The second-order valence-corrected chi connectivity index (χ2v) is 9.28. The fourth-order valence-electron chi connectivity index (χ4n) is 4.08. The van der Waals surface area contributed by atoms with Crippen LogP contribution in [0.25, 0.3) is 0 Å². The zero-order valence-electron chi connectivity index (χ0n) is 15.0. The number of hydrogen-bond donors (Lipinski definition) is 0. The molecule has 6 nitrogen and oxygen atoms in total. The van der Waals surface area contributed by atoms with Crippen molar-refractivity contribution in [2.45, 2.75) is 32.6 Å². The summed E-state index contributed by atoms with van der Waals surface area (Å²) in [5, 5.41) is 0. The van der Waals surface area contributed by atoms with Gasteiger partial charge in [0.25, 0.3) is 5.91 Å². The summed E-state index contributed by atoms with van der Waals surface area (Å²) < 4.78 is 24.8. The Morgan fingerprint density at radius 3 is 2.12 bits per heavy atom. The highest BCUT2D eigenvalue weighted by molar-refractivity contribution is 7.88. The number of rotatable bonds is 3. The van der Waals surface area contributed by atoms with E-state index in [9.17, 15) is 13.2 Å². The van der Waals surface area contributed by atoms with Crippen molar-refractivity contribution in [2.24, 2.45) is 11.8 Å². The SMILES string of the molecule is Cc1cccc(C(=O)N2CCC(C3CCN(S(C)(=O)=O)CC3)CC2)n1. The molecule has 0 bridgehead atoms. The lowest BCUT2D eigenvalue weighted by Gasteiger charge is -2.39. The zero-order valence-corrected chi connectivity index (χ0v) is 15.8. The molecule has 0 radical (unpaired) electrons. The molecular weight excluding hydrogens is 338 g/mol. The Morgan fingerprint density at radius 1 is 1.04 bits per heavy atom. The Balaban J connectivity index is 1.52. The van der Waals surface area contributed by atoms with Gasteiger partial charge in [-0.1, -0.05) is 6.07 Å². The normalized spacial score (nSPS) is 21.4. The molecule has 2 aliphatic rings. The molecule has 2 fully saturated rings. The van der Waals surface area contributed by atoms with Crippen LogP contribution in [0.3, 0.4) is 0 Å². The highest BCUT2D eigenvalue weighted by Gasteiger charge is 2.33. The maximum atomic E-state index is 12.6. The summed E-state index contributed by atoms with van der Waals surface area (Å²) in [5.74, 6) is 1.19. The Morgan fingerprint density at radius 2 is 1.60 bits per heavy atom. The van der Waals surface area contributed by atoms with E-state index in [0.717, 1.165) is 44.5 Å². The van der Waals surface area contributed by atoms with E-state index in [1.165, 1.54) is 6.26 Å². The third kappa shape index (κ3) is 4.39. The number of piperidine rings is 2. The van der Waals surface area contributed by atoms with Gasteiger partial charge in [0.2, 0.25) is 10.0 Å². The van der Waals surface area contributed by atoms with E-state index in [-0.39, 0.29) is 5.91 Å². The smallest absolute Gasteiger partial charge is 0.272 e. The topological polar surface area (TPSA) is 70.6 Å². The first kappa shape index (κ1) is 18.3. The number of aromatic nitrogens is 1. The highest BCUT2D eigenvalue weighted by atomic mass is 32.2. The van der Waals surface area contributed by atoms with Crippen molar-refractivity contribution in [1.29, 1.82) is 0 Å². The largest absolute Gasteiger partial charge is 0.337 e. The van der Waals surface area contributed by atoms with Gasteiger partial charge in [0, 0.05) is 31.9 Å².